The fourth-order valence-corrected chi connectivity index (χ4v) is 0.806. The zero-order valence-corrected chi connectivity index (χ0v) is 8.57. The lowest BCUT2D eigenvalue weighted by Gasteiger charge is -1.87. The molecule has 0 aliphatic carbocycles. The van der Waals surface area contributed by atoms with Crippen LogP contribution in [-0.2, 0) is 0 Å². The van der Waals surface area contributed by atoms with Crippen molar-refractivity contribution in [2.75, 3.05) is 13.2 Å². The van der Waals surface area contributed by atoms with Crippen LogP contribution in [0.5, 0.6) is 0 Å². The molecule has 0 aliphatic heterocycles. The molecule has 0 aromatic heterocycles. The van der Waals surface area contributed by atoms with Crippen LogP contribution < -0.4 is 0 Å². The summed E-state index contributed by atoms with van der Waals surface area (Å²) in [6, 6.07) is 7.20. The van der Waals surface area contributed by atoms with E-state index in [1.165, 1.54) is 0 Å². The zero-order valence-electron chi connectivity index (χ0n) is 6.98. The molecule has 0 amide bonds. The molecule has 0 heterocycles. The predicted octanol–water partition coefficient (Wildman–Crippen LogP) is 1.23. The maximum Gasteiger partial charge on any atom is 0.150 e. The number of carbonyl (C=O) groups excluding carboxylic acids is 1. The van der Waals surface area contributed by atoms with Crippen molar-refractivity contribution in [3.63, 3.8) is 0 Å². The van der Waals surface area contributed by atoms with Gasteiger partial charge in [-0.25, -0.2) is 0 Å². The molecule has 4 heteroatoms. The Balaban J connectivity index is 0.000000310. The van der Waals surface area contributed by atoms with E-state index in [4.69, 9.17) is 10.2 Å². The maximum atomic E-state index is 10.1. The average molecular weight is 247 g/mol. The van der Waals surface area contributed by atoms with Gasteiger partial charge in [-0.05, 0) is 12.1 Å². The summed E-state index contributed by atoms with van der Waals surface area (Å²) in [5, 5.41) is 15.2. The zero-order chi connectivity index (χ0) is 10.1. The second-order valence-electron chi connectivity index (χ2n) is 2.12. The monoisotopic (exact) mass is 246 g/mol. The van der Waals surface area contributed by atoms with E-state index in [9.17, 15) is 4.79 Å². The number of hydrogen-bond donors (Lipinski definition) is 2. The minimum Gasteiger partial charge on any atom is -0.394 e. The number of hydrogen-bond acceptors (Lipinski definition) is 3. The number of aldehydes is 1. The summed E-state index contributed by atoms with van der Waals surface area (Å²) in [4.78, 5) is 10.1. The molecule has 0 atom stereocenters. The van der Waals surface area contributed by atoms with Crippen LogP contribution in [0.3, 0.4) is 0 Å². The Labute approximate surface area is 85.1 Å². The van der Waals surface area contributed by atoms with Gasteiger partial charge in [0.1, 0.15) is 6.29 Å². The molecule has 0 saturated carbocycles. The van der Waals surface area contributed by atoms with Crippen LogP contribution in [0.4, 0.5) is 0 Å². The molecule has 0 unspecified atom stereocenters. The van der Waals surface area contributed by atoms with E-state index in [1.54, 1.807) is 12.1 Å². The highest BCUT2D eigenvalue weighted by atomic mass is 79.9. The summed E-state index contributed by atoms with van der Waals surface area (Å²) in [5.74, 6) is 0. The van der Waals surface area contributed by atoms with Crippen molar-refractivity contribution in [1.82, 2.24) is 0 Å². The van der Waals surface area contributed by atoms with Crippen LogP contribution in [-0.4, -0.2) is 29.7 Å². The van der Waals surface area contributed by atoms with Gasteiger partial charge in [0.2, 0.25) is 0 Å². The lowest BCUT2D eigenvalue weighted by molar-refractivity contribution is 0.112. The van der Waals surface area contributed by atoms with Crippen LogP contribution in [0, 0.1) is 0 Å². The Morgan fingerprint density at radius 2 is 1.62 bits per heavy atom. The van der Waals surface area contributed by atoms with Gasteiger partial charge >= 0.3 is 0 Å². The van der Waals surface area contributed by atoms with Crippen molar-refractivity contribution in [3.8, 4) is 0 Å². The third-order valence-corrected chi connectivity index (χ3v) is 1.63. The standard InChI is InChI=1S/C7H5BrO.C2H6O2/c8-7-3-1-6(5-9)2-4-7;3-1-2-4/h1-5H;3-4H,1-2H2. The summed E-state index contributed by atoms with van der Waals surface area (Å²) in [7, 11) is 0. The molecule has 1 rings (SSSR count). The first-order valence-corrected chi connectivity index (χ1v) is 4.46. The van der Waals surface area contributed by atoms with Crippen molar-refractivity contribution >= 4 is 22.2 Å². The number of halogens is 1. The van der Waals surface area contributed by atoms with E-state index in [0.717, 1.165) is 10.8 Å². The maximum absolute atomic E-state index is 10.1. The number of carbonyl (C=O) groups is 1. The molecule has 13 heavy (non-hydrogen) atoms. The third-order valence-electron chi connectivity index (χ3n) is 1.11. The Hall–Kier alpha value is -0.710. The molecular formula is C9H11BrO3. The third kappa shape index (κ3) is 6.45. The van der Waals surface area contributed by atoms with E-state index in [0.29, 0.717) is 5.56 Å². The van der Waals surface area contributed by atoms with E-state index >= 15 is 0 Å². The largest absolute Gasteiger partial charge is 0.394 e. The van der Waals surface area contributed by atoms with Crippen molar-refractivity contribution < 1.29 is 15.0 Å². The number of rotatable bonds is 2. The topological polar surface area (TPSA) is 57.5 Å². The van der Waals surface area contributed by atoms with Gasteiger partial charge in [0.25, 0.3) is 0 Å². The molecule has 1 aromatic carbocycles. The highest BCUT2D eigenvalue weighted by Gasteiger charge is 1.86. The van der Waals surface area contributed by atoms with Crippen LogP contribution in [0.2, 0.25) is 0 Å². The Kier molecular flexibility index (Phi) is 7.48. The summed E-state index contributed by atoms with van der Waals surface area (Å²) >= 11 is 3.26. The highest BCUT2D eigenvalue weighted by Crippen LogP contribution is 2.08. The van der Waals surface area contributed by atoms with Gasteiger partial charge in [0.15, 0.2) is 0 Å². The van der Waals surface area contributed by atoms with Gasteiger partial charge in [0, 0.05) is 10.0 Å². The Bertz CT molecular complexity index is 231. The summed E-state index contributed by atoms with van der Waals surface area (Å²) in [6.45, 7) is -0.250. The predicted molar refractivity (Wildman–Crippen MR) is 53.7 cm³/mol. The Morgan fingerprint density at radius 3 is 1.92 bits per heavy atom. The van der Waals surface area contributed by atoms with E-state index in [2.05, 4.69) is 15.9 Å². The highest BCUT2D eigenvalue weighted by molar-refractivity contribution is 9.10. The molecule has 0 saturated heterocycles. The van der Waals surface area contributed by atoms with Gasteiger partial charge in [0.05, 0.1) is 13.2 Å². The van der Waals surface area contributed by atoms with Gasteiger partial charge in [-0.2, -0.15) is 0 Å². The molecule has 0 fully saturated rings. The van der Waals surface area contributed by atoms with Crippen LogP contribution >= 0.6 is 15.9 Å². The second kappa shape index (κ2) is 7.91. The fraction of sp³-hybridized carbons (Fsp3) is 0.222. The van der Waals surface area contributed by atoms with Crippen LogP contribution in [0.25, 0.3) is 0 Å². The SMILES string of the molecule is O=Cc1ccc(Br)cc1.OCCO. The minimum absolute atomic E-state index is 0.125. The first kappa shape index (κ1) is 12.3. The summed E-state index contributed by atoms with van der Waals surface area (Å²) in [6.07, 6.45) is 0.826. The van der Waals surface area contributed by atoms with Crippen molar-refractivity contribution in [3.05, 3.63) is 34.3 Å². The molecule has 0 bridgehead atoms. The number of aliphatic hydroxyl groups excluding tert-OH is 2. The van der Waals surface area contributed by atoms with E-state index < -0.39 is 0 Å². The summed E-state index contributed by atoms with van der Waals surface area (Å²) < 4.78 is 0.994. The molecule has 0 radical (unpaired) electrons. The smallest absolute Gasteiger partial charge is 0.150 e. The summed E-state index contributed by atoms with van der Waals surface area (Å²) in [5.41, 5.74) is 0.707. The molecule has 1 aromatic rings. The molecular weight excluding hydrogens is 236 g/mol. The second-order valence-corrected chi connectivity index (χ2v) is 3.03. The molecule has 72 valence electrons. The molecule has 2 N–H and O–H groups in total. The van der Waals surface area contributed by atoms with E-state index in [1.807, 2.05) is 12.1 Å². The molecule has 0 aliphatic rings. The number of benzene rings is 1. The van der Waals surface area contributed by atoms with Crippen molar-refractivity contribution in [1.29, 1.82) is 0 Å². The van der Waals surface area contributed by atoms with Gasteiger partial charge < -0.3 is 10.2 Å². The quantitative estimate of drug-likeness (QED) is 0.773. The van der Waals surface area contributed by atoms with Gasteiger partial charge in [-0.1, -0.05) is 28.1 Å². The molecule has 0 spiro atoms. The fourth-order valence-electron chi connectivity index (χ4n) is 0.541. The minimum atomic E-state index is -0.125. The molecule has 3 nitrogen and oxygen atoms in total. The van der Waals surface area contributed by atoms with Crippen LogP contribution in [0.1, 0.15) is 10.4 Å². The lowest BCUT2D eigenvalue weighted by atomic mass is 10.2. The number of aliphatic hydroxyl groups is 2. The van der Waals surface area contributed by atoms with Gasteiger partial charge in [-0.15, -0.1) is 0 Å². The average Bonchev–Trinajstić information content (AvgIpc) is 2.19. The first-order valence-electron chi connectivity index (χ1n) is 3.67. The normalized spacial score (nSPS) is 8.54. The van der Waals surface area contributed by atoms with E-state index in [-0.39, 0.29) is 13.2 Å². The van der Waals surface area contributed by atoms with Crippen molar-refractivity contribution in [2.45, 2.75) is 0 Å². The first-order chi connectivity index (χ1) is 6.24. The van der Waals surface area contributed by atoms with Gasteiger partial charge in [-0.3, -0.25) is 4.79 Å². The lowest BCUT2D eigenvalue weighted by Crippen LogP contribution is -1.85. The van der Waals surface area contributed by atoms with Crippen molar-refractivity contribution in [2.24, 2.45) is 0 Å². The Morgan fingerprint density at radius 1 is 1.15 bits per heavy atom. The van der Waals surface area contributed by atoms with Crippen LogP contribution in [0.15, 0.2) is 28.7 Å².